The van der Waals surface area contributed by atoms with Gasteiger partial charge in [0.15, 0.2) is 5.78 Å². The van der Waals surface area contributed by atoms with Gasteiger partial charge in [-0.25, -0.2) is 0 Å². The minimum Gasteiger partial charge on any atom is -0.315 e. The Morgan fingerprint density at radius 3 is 2.65 bits per heavy atom. The lowest BCUT2D eigenvalue weighted by molar-refractivity contribution is -0.214. The normalized spacial score (nSPS) is 23.0. The molecule has 1 saturated heterocycles. The zero-order chi connectivity index (χ0) is 14.8. The fourth-order valence-electron chi connectivity index (χ4n) is 2.43. The molecular formula is C14H17F3N2O. The highest BCUT2D eigenvalue weighted by Crippen LogP contribution is 2.44. The first-order valence-electron chi connectivity index (χ1n) is 6.63. The molecule has 20 heavy (non-hydrogen) atoms. The van der Waals surface area contributed by atoms with Gasteiger partial charge in [0.1, 0.15) is 5.41 Å². The van der Waals surface area contributed by atoms with Gasteiger partial charge in [0.2, 0.25) is 0 Å². The number of rotatable bonds is 4. The van der Waals surface area contributed by atoms with Gasteiger partial charge in [-0.3, -0.25) is 9.78 Å². The number of ketones is 1. The van der Waals surface area contributed by atoms with Crippen molar-refractivity contribution in [1.29, 1.82) is 0 Å². The first kappa shape index (κ1) is 15.0. The summed E-state index contributed by atoms with van der Waals surface area (Å²) < 4.78 is 39.6. The van der Waals surface area contributed by atoms with Crippen LogP contribution >= 0.6 is 0 Å². The van der Waals surface area contributed by atoms with E-state index in [9.17, 15) is 18.0 Å². The molecule has 2 heterocycles. The molecule has 0 spiro atoms. The van der Waals surface area contributed by atoms with Gasteiger partial charge in [0.25, 0.3) is 0 Å². The van der Waals surface area contributed by atoms with Crippen LogP contribution in [0, 0.1) is 5.41 Å². The van der Waals surface area contributed by atoms with Crippen molar-refractivity contribution in [1.82, 2.24) is 10.3 Å². The Balaban J connectivity index is 2.17. The lowest BCUT2D eigenvalue weighted by atomic mass is 9.80. The Morgan fingerprint density at radius 2 is 2.20 bits per heavy atom. The number of Topliss-reactive ketones (excluding diaryl/α,β-unsaturated/α-hetero) is 1. The number of nitrogens with one attached hydrogen (secondary N) is 1. The van der Waals surface area contributed by atoms with Gasteiger partial charge in [-0.15, -0.1) is 0 Å². The number of carbonyl (C=O) groups is 1. The monoisotopic (exact) mass is 286 g/mol. The fraction of sp³-hybridized carbons (Fsp3) is 0.571. The number of hydrogen-bond donors (Lipinski definition) is 1. The van der Waals surface area contributed by atoms with Gasteiger partial charge in [-0.05, 0) is 31.0 Å². The van der Waals surface area contributed by atoms with Crippen LogP contribution in [0.15, 0.2) is 18.3 Å². The van der Waals surface area contributed by atoms with Crippen molar-refractivity contribution in [2.75, 3.05) is 13.1 Å². The average molecular weight is 286 g/mol. The summed E-state index contributed by atoms with van der Waals surface area (Å²) in [7, 11) is 0. The van der Waals surface area contributed by atoms with Crippen LogP contribution in [-0.4, -0.2) is 30.0 Å². The van der Waals surface area contributed by atoms with E-state index in [1.54, 1.807) is 18.3 Å². The summed E-state index contributed by atoms with van der Waals surface area (Å²) >= 11 is 0. The van der Waals surface area contributed by atoms with E-state index in [-0.39, 0.29) is 25.9 Å². The molecule has 0 radical (unpaired) electrons. The van der Waals surface area contributed by atoms with Crippen LogP contribution in [-0.2, 0) is 17.6 Å². The maximum absolute atomic E-state index is 13.2. The zero-order valence-corrected chi connectivity index (χ0v) is 11.3. The van der Waals surface area contributed by atoms with Crippen molar-refractivity contribution in [2.24, 2.45) is 5.41 Å². The van der Waals surface area contributed by atoms with Crippen LogP contribution in [0.2, 0.25) is 0 Å². The maximum atomic E-state index is 13.2. The summed E-state index contributed by atoms with van der Waals surface area (Å²) in [5, 5.41) is 2.64. The number of pyridine rings is 1. The lowest BCUT2D eigenvalue weighted by Crippen LogP contribution is -2.47. The van der Waals surface area contributed by atoms with Crippen LogP contribution in [0.3, 0.4) is 0 Å². The largest absolute Gasteiger partial charge is 0.402 e. The zero-order valence-electron chi connectivity index (χ0n) is 11.3. The third-order valence-electron chi connectivity index (χ3n) is 3.87. The van der Waals surface area contributed by atoms with E-state index in [0.29, 0.717) is 5.69 Å². The Labute approximate surface area is 115 Å². The van der Waals surface area contributed by atoms with Gasteiger partial charge in [0.05, 0.1) is 0 Å². The molecule has 110 valence electrons. The number of alkyl halides is 3. The SMILES string of the molecule is CCc1ccc(CC(=O)C2(C(F)(F)F)CCNC2)nc1. The second kappa shape index (κ2) is 5.52. The van der Waals surface area contributed by atoms with E-state index in [0.717, 1.165) is 12.0 Å². The van der Waals surface area contributed by atoms with E-state index in [1.807, 2.05) is 6.92 Å². The van der Waals surface area contributed by atoms with E-state index in [1.165, 1.54) is 0 Å². The predicted molar refractivity (Wildman–Crippen MR) is 68.3 cm³/mol. The number of aryl methyl sites for hydroxylation is 1. The summed E-state index contributed by atoms with van der Waals surface area (Å²) in [6.45, 7) is 1.85. The molecule has 1 aliphatic rings. The molecule has 2 rings (SSSR count). The molecule has 6 heteroatoms. The topological polar surface area (TPSA) is 42.0 Å². The smallest absolute Gasteiger partial charge is 0.315 e. The first-order chi connectivity index (χ1) is 9.39. The van der Waals surface area contributed by atoms with Crippen LogP contribution in [0.1, 0.15) is 24.6 Å². The Bertz CT molecular complexity index is 476. The second-order valence-corrected chi connectivity index (χ2v) is 5.12. The van der Waals surface area contributed by atoms with Gasteiger partial charge in [-0.2, -0.15) is 13.2 Å². The molecule has 1 atom stereocenters. The van der Waals surface area contributed by atoms with E-state index in [2.05, 4.69) is 10.3 Å². The fourth-order valence-corrected chi connectivity index (χ4v) is 2.43. The van der Waals surface area contributed by atoms with Crippen LogP contribution in [0.25, 0.3) is 0 Å². The lowest BCUT2D eigenvalue weighted by Gasteiger charge is -2.29. The average Bonchev–Trinajstić information content (AvgIpc) is 2.90. The number of nitrogens with zero attached hydrogens (tertiary/aromatic N) is 1. The molecule has 0 saturated carbocycles. The number of halogens is 3. The molecule has 1 aromatic heterocycles. The summed E-state index contributed by atoms with van der Waals surface area (Å²) in [4.78, 5) is 16.2. The van der Waals surface area contributed by atoms with E-state index < -0.39 is 17.4 Å². The van der Waals surface area contributed by atoms with Crippen molar-refractivity contribution in [3.05, 3.63) is 29.6 Å². The van der Waals surface area contributed by atoms with E-state index in [4.69, 9.17) is 0 Å². The molecule has 1 fully saturated rings. The number of hydrogen-bond acceptors (Lipinski definition) is 3. The van der Waals surface area contributed by atoms with Gasteiger partial charge < -0.3 is 5.32 Å². The van der Waals surface area contributed by atoms with Crippen LogP contribution < -0.4 is 5.32 Å². The van der Waals surface area contributed by atoms with E-state index >= 15 is 0 Å². The van der Waals surface area contributed by atoms with Gasteiger partial charge in [0, 0.05) is 24.9 Å². The minimum atomic E-state index is -4.52. The van der Waals surface area contributed by atoms with Gasteiger partial charge in [-0.1, -0.05) is 13.0 Å². The molecule has 0 aromatic carbocycles. The summed E-state index contributed by atoms with van der Waals surface area (Å²) in [6, 6.07) is 3.42. The molecule has 1 unspecified atom stereocenters. The Hall–Kier alpha value is -1.43. The minimum absolute atomic E-state index is 0.192. The molecule has 0 aliphatic carbocycles. The number of aromatic nitrogens is 1. The molecule has 1 N–H and O–H groups in total. The molecule has 1 aromatic rings. The van der Waals surface area contributed by atoms with Crippen LogP contribution in [0.4, 0.5) is 13.2 Å². The highest BCUT2D eigenvalue weighted by Gasteiger charge is 2.60. The van der Waals surface area contributed by atoms with Crippen molar-refractivity contribution in [2.45, 2.75) is 32.4 Å². The van der Waals surface area contributed by atoms with Crippen molar-refractivity contribution in [3.8, 4) is 0 Å². The highest BCUT2D eigenvalue weighted by molar-refractivity contribution is 5.88. The molecule has 0 bridgehead atoms. The number of carbonyl (C=O) groups excluding carboxylic acids is 1. The molecule has 3 nitrogen and oxygen atoms in total. The molecular weight excluding hydrogens is 269 g/mol. The third-order valence-corrected chi connectivity index (χ3v) is 3.87. The molecule has 0 amide bonds. The maximum Gasteiger partial charge on any atom is 0.402 e. The van der Waals surface area contributed by atoms with Crippen LogP contribution in [0.5, 0.6) is 0 Å². The van der Waals surface area contributed by atoms with Crippen molar-refractivity contribution >= 4 is 5.78 Å². The Morgan fingerprint density at radius 1 is 1.45 bits per heavy atom. The third kappa shape index (κ3) is 2.70. The molecule has 1 aliphatic heterocycles. The second-order valence-electron chi connectivity index (χ2n) is 5.12. The van der Waals surface area contributed by atoms with Gasteiger partial charge >= 0.3 is 6.18 Å². The summed E-state index contributed by atoms with van der Waals surface area (Å²) in [6.07, 6.45) is -2.57. The summed E-state index contributed by atoms with van der Waals surface area (Å²) in [5.41, 5.74) is -0.866. The first-order valence-corrected chi connectivity index (χ1v) is 6.63. The standard InChI is InChI=1S/C14H17F3N2O/c1-2-10-3-4-11(19-8-10)7-12(20)13(14(15,16)17)5-6-18-9-13/h3-4,8,18H,2,5-7,9H2,1H3. The highest BCUT2D eigenvalue weighted by atomic mass is 19.4. The summed E-state index contributed by atoms with van der Waals surface area (Å²) in [5.74, 6) is -0.799. The predicted octanol–water partition coefficient (Wildman–Crippen LogP) is 2.30. The Kier molecular flexibility index (Phi) is 4.13. The van der Waals surface area contributed by atoms with Crippen molar-refractivity contribution in [3.63, 3.8) is 0 Å². The van der Waals surface area contributed by atoms with Crippen molar-refractivity contribution < 1.29 is 18.0 Å². The quantitative estimate of drug-likeness (QED) is 0.923.